The number of phenols is 1. The minimum Gasteiger partial charge on any atom is -0.504 e. The molecule has 2 aromatic rings. The third-order valence-electron chi connectivity index (χ3n) is 2.22. The van der Waals surface area contributed by atoms with Gasteiger partial charge in [0.1, 0.15) is 0 Å². The molecule has 1 N–H and O–H groups in total. The highest BCUT2D eigenvalue weighted by Crippen LogP contribution is 2.29. The van der Waals surface area contributed by atoms with Gasteiger partial charge in [-0.15, -0.1) is 0 Å². The predicted molar refractivity (Wildman–Crippen MR) is 58.6 cm³/mol. The SMILES string of the molecule is CCOC(=O)c1cc2cc(C)cc(O)c2o1. The molecule has 0 amide bonds. The van der Waals surface area contributed by atoms with Crippen LogP contribution in [-0.2, 0) is 4.74 Å². The van der Waals surface area contributed by atoms with Crippen LogP contribution in [0, 0.1) is 6.92 Å². The molecular weight excluding hydrogens is 208 g/mol. The maximum atomic E-state index is 11.4. The molecule has 0 bridgehead atoms. The van der Waals surface area contributed by atoms with Gasteiger partial charge in [0.15, 0.2) is 11.3 Å². The number of benzene rings is 1. The van der Waals surface area contributed by atoms with Gasteiger partial charge in [0.25, 0.3) is 0 Å². The van der Waals surface area contributed by atoms with E-state index in [1.165, 1.54) is 0 Å². The van der Waals surface area contributed by atoms with Crippen molar-refractivity contribution in [3.05, 3.63) is 29.5 Å². The maximum Gasteiger partial charge on any atom is 0.374 e. The van der Waals surface area contributed by atoms with Crippen LogP contribution in [0.5, 0.6) is 5.75 Å². The van der Waals surface area contributed by atoms with E-state index in [9.17, 15) is 9.90 Å². The van der Waals surface area contributed by atoms with Crippen molar-refractivity contribution in [2.45, 2.75) is 13.8 Å². The van der Waals surface area contributed by atoms with Crippen LogP contribution in [0.25, 0.3) is 11.0 Å². The van der Waals surface area contributed by atoms with Gasteiger partial charge in [0, 0.05) is 5.39 Å². The van der Waals surface area contributed by atoms with Crippen LogP contribution in [0.15, 0.2) is 22.6 Å². The van der Waals surface area contributed by atoms with Gasteiger partial charge in [0.05, 0.1) is 6.61 Å². The average Bonchev–Trinajstić information content (AvgIpc) is 2.62. The van der Waals surface area contributed by atoms with Crippen molar-refractivity contribution < 1.29 is 19.1 Å². The lowest BCUT2D eigenvalue weighted by Crippen LogP contribution is -2.02. The van der Waals surface area contributed by atoms with Crippen molar-refractivity contribution in [1.29, 1.82) is 0 Å². The Labute approximate surface area is 92.4 Å². The molecule has 0 atom stereocenters. The molecule has 1 aromatic heterocycles. The zero-order valence-electron chi connectivity index (χ0n) is 9.11. The molecule has 2 rings (SSSR count). The second kappa shape index (κ2) is 3.89. The monoisotopic (exact) mass is 220 g/mol. The summed E-state index contributed by atoms with van der Waals surface area (Å²) in [6, 6.07) is 4.99. The number of aromatic hydroxyl groups is 1. The highest BCUT2D eigenvalue weighted by atomic mass is 16.5. The lowest BCUT2D eigenvalue weighted by atomic mass is 10.1. The molecule has 84 valence electrons. The zero-order valence-corrected chi connectivity index (χ0v) is 9.11. The van der Waals surface area contributed by atoms with Crippen molar-refractivity contribution in [3.63, 3.8) is 0 Å². The van der Waals surface area contributed by atoms with Crippen LogP contribution in [0.4, 0.5) is 0 Å². The summed E-state index contributed by atoms with van der Waals surface area (Å²) >= 11 is 0. The number of phenolic OH excluding ortho intramolecular Hbond substituents is 1. The lowest BCUT2D eigenvalue weighted by molar-refractivity contribution is 0.0492. The number of hydrogen-bond donors (Lipinski definition) is 1. The summed E-state index contributed by atoms with van der Waals surface area (Å²) in [6.07, 6.45) is 0. The molecule has 0 spiro atoms. The second-order valence-electron chi connectivity index (χ2n) is 3.53. The van der Waals surface area contributed by atoms with Gasteiger partial charge in [-0.05, 0) is 37.6 Å². The molecule has 0 aliphatic carbocycles. The summed E-state index contributed by atoms with van der Waals surface area (Å²) in [7, 11) is 0. The fourth-order valence-electron chi connectivity index (χ4n) is 1.58. The predicted octanol–water partition coefficient (Wildman–Crippen LogP) is 2.62. The Morgan fingerprint density at radius 3 is 2.88 bits per heavy atom. The van der Waals surface area contributed by atoms with Crippen molar-refractivity contribution in [2.24, 2.45) is 0 Å². The van der Waals surface area contributed by atoms with Crippen LogP contribution >= 0.6 is 0 Å². The molecule has 4 nitrogen and oxygen atoms in total. The zero-order chi connectivity index (χ0) is 11.7. The summed E-state index contributed by atoms with van der Waals surface area (Å²) in [5, 5.41) is 10.3. The van der Waals surface area contributed by atoms with E-state index in [0.717, 1.165) is 5.56 Å². The normalized spacial score (nSPS) is 10.6. The molecule has 0 aliphatic rings. The quantitative estimate of drug-likeness (QED) is 0.790. The number of ether oxygens (including phenoxy) is 1. The summed E-state index contributed by atoms with van der Waals surface area (Å²) < 4.78 is 10.1. The molecule has 16 heavy (non-hydrogen) atoms. The van der Waals surface area contributed by atoms with Gasteiger partial charge in [-0.3, -0.25) is 0 Å². The smallest absolute Gasteiger partial charge is 0.374 e. The summed E-state index contributed by atoms with van der Waals surface area (Å²) in [6.45, 7) is 3.87. The first kappa shape index (κ1) is 10.5. The lowest BCUT2D eigenvalue weighted by Gasteiger charge is -1.96. The Hall–Kier alpha value is -1.97. The number of hydrogen-bond acceptors (Lipinski definition) is 4. The van der Waals surface area contributed by atoms with Crippen LogP contribution < -0.4 is 0 Å². The molecule has 1 heterocycles. The molecule has 0 aliphatic heterocycles. The Balaban J connectivity index is 2.51. The molecular formula is C12H12O4. The molecule has 0 fully saturated rings. The van der Waals surface area contributed by atoms with Gasteiger partial charge < -0.3 is 14.3 Å². The van der Waals surface area contributed by atoms with Crippen LogP contribution in [0.3, 0.4) is 0 Å². The molecule has 1 aromatic carbocycles. The molecule has 0 radical (unpaired) electrons. The third kappa shape index (κ3) is 1.74. The van der Waals surface area contributed by atoms with Gasteiger partial charge in [0.2, 0.25) is 5.76 Å². The maximum absolute atomic E-state index is 11.4. The first-order chi connectivity index (χ1) is 7.61. The highest BCUT2D eigenvalue weighted by molar-refractivity contribution is 5.94. The number of carbonyl (C=O) groups excluding carboxylic acids is 1. The third-order valence-corrected chi connectivity index (χ3v) is 2.22. The fraction of sp³-hybridized carbons (Fsp3) is 0.250. The average molecular weight is 220 g/mol. The Bertz CT molecular complexity index is 539. The van der Waals surface area contributed by atoms with Gasteiger partial charge in [-0.1, -0.05) is 0 Å². The van der Waals surface area contributed by atoms with Crippen molar-refractivity contribution in [1.82, 2.24) is 0 Å². The first-order valence-corrected chi connectivity index (χ1v) is 5.02. The number of furan rings is 1. The van der Waals surface area contributed by atoms with E-state index in [2.05, 4.69) is 0 Å². The van der Waals surface area contributed by atoms with Gasteiger partial charge >= 0.3 is 5.97 Å². The van der Waals surface area contributed by atoms with Gasteiger partial charge in [-0.2, -0.15) is 0 Å². The van der Waals surface area contributed by atoms with E-state index in [1.54, 1.807) is 19.1 Å². The summed E-state index contributed by atoms with van der Waals surface area (Å²) in [5.74, 6) is -0.376. The number of rotatable bonds is 2. The molecule has 0 unspecified atom stereocenters. The Kier molecular flexibility index (Phi) is 2.56. The number of carbonyl (C=O) groups is 1. The van der Waals surface area contributed by atoms with E-state index < -0.39 is 5.97 Å². The topological polar surface area (TPSA) is 59.7 Å². The van der Waals surface area contributed by atoms with Crippen LogP contribution in [-0.4, -0.2) is 17.7 Å². The van der Waals surface area contributed by atoms with Crippen LogP contribution in [0.1, 0.15) is 23.0 Å². The van der Waals surface area contributed by atoms with E-state index in [0.29, 0.717) is 17.6 Å². The minimum atomic E-state index is -0.518. The molecule has 0 saturated heterocycles. The van der Waals surface area contributed by atoms with Crippen molar-refractivity contribution in [2.75, 3.05) is 6.61 Å². The largest absolute Gasteiger partial charge is 0.504 e. The summed E-state index contributed by atoms with van der Waals surface area (Å²) in [4.78, 5) is 11.4. The van der Waals surface area contributed by atoms with E-state index in [1.807, 2.05) is 13.0 Å². The standard InChI is InChI=1S/C12H12O4/c1-3-15-12(14)10-6-8-4-7(2)5-9(13)11(8)16-10/h4-6,13H,3H2,1-2H3. The highest BCUT2D eigenvalue weighted by Gasteiger charge is 2.15. The van der Waals surface area contributed by atoms with E-state index in [4.69, 9.17) is 9.15 Å². The molecule has 4 heteroatoms. The minimum absolute atomic E-state index is 0.0329. The second-order valence-corrected chi connectivity index (χ2v) is 3.53. The van der Waals surface area contributed by atoms with Crippen LogP contribution in [0.2, 0.25) is 0 Å². The van der Waals surface area contributed by atoms with Crippen molar-refractivity contribution in [3.8, 4) is 5.75 Å². The van der Waals surface area contributed by atoms with E-state index >= 15 is 0 Å². The molecule has 0 saturated carbocycles. The Morgan fingerprint density at radius 1 is 1.44 bits per heavy atom. The Morgan fingerprint density at radius 2 is 2.19 bits per heavy atom. The number of aryl methyl sites for hydroxylation is 1. The first-order valence-electron chi connectivity index (χ1n) is 5.02. The number of esters is 1. The van der Waals surface area contributed by atoms with Gasteiger partial charge in [-0.25, -0.2) is 4.79 Å². The fourth-order valence-corrected chi connectivity index (χ4v) is 1.58. The van der Waals surface area contributed by atoms with E-state index in [-0.39, 0.29) is 11.5 Å². The van der Waals surface area contributed by atoms with Crippen molar-refractivity contribution >= 4 is 16.9 Å². The summed E-state index contributed by atoms with van der Waals surface area (Å²) in [5.41, 5.74) is 1.22. The number of fused-ring (bicyclic) bond motifs is 1.